The second-order valence-corrected chi connectivity index (χ2v) is 5.66. The van der Waals surface area contributed by atoms with Crippen molar-refractivity contribution in [1.29, 1.82) is 0 Å². The van der Waals surface area contributed by atoms with Crippen LogP contribution in [0.5, 0.6) is 0 Å². The number of anilines is 1. The van der Waals surface area contributed by atoms with Gasteiger partial charge >= 0.3 is 0 Å². The Labute approximate surface area is 113 Å². The van der Waals surface area contributed by atoms with Gasteiger partial charge in [-0.25, -0.2) is 0 Å². The van der Waals surface area contributed by atoms with Gasteiger partial charge in [-0.3, -0.25) is 9.89 Å². The minimum atomic E-state index is -0.136. The summed E-state index contributed by atoms with van der Waals surface area (Å²) in [7, 11) is 0. The minimum absolute atomic E-state index is 0.0185. The summed E-state index contributed by atoms with van der Waals surface area (Å²) in [5.41, 5.74) is 3.29. The normalized spacial score (nSPS) is 11.4. The molecule has 100 valence electrons. The molecule has 0 aliphatic heterocycles. The molecule has 0 bridgehead atoms. The number of benzene rings is 1. The van der Waals surface area contributed by atoms with Crippen LogP contribution < -0.4 is 5.32 Å². The molecule has 0 aliphatic carbocycles. The SMILES string of the molecule is Cc1[nH]ncc1C(=O)Nc1ccccc1C(C)(C)C. The average Bonchev–Trinajstić information content (AvgIpc) is 2.75. The van der Waals surface area contributed by atoms with E-state index >= 15 is 0 Å². The Hall–Kier alpha value is -2.10. The highest BCUT2D eigenvalue weighted by molar-refractivity contribution is 6.05. The highest BCUT2D eigenvalue weighted by Crippen LogP contribution is 2.29. The summed E-state index contributed by atoms with van der Waals surface area (Å²) in [6.45, 7) is 8.21. The Morgan fingerprint density at radius 1 is 1.26 bits per heavy atom. The number of hydrogen-bond donors (Lipinski definition) is 2. The van der Waals surface area contributed by atoms with Crippen molar-refractivity contribution >= 4 is 11.6 Å². The Kier molecular flexibility index (Phi) is 3.42. The molecular weight excluding hydrogens is 238 g/mol. The number of hydrogen-bond acceptors (Lipinski definition) is 2. The van der Waals surface area contributed by atoms with Crippen molar-refractivity contribution in [3.05, 3.63) is 47.3 Å². The lowest BCUT2D eigenvalue weighted by molar-refractivity contribution is 0.102. The van der Waals surface area contributed by atoms with Crippen molar-refractivity contribution in [2.75, 3.05) is 5.32 Å². The van der Waals surface area contributed by atoms with E-state index < -0.39 is 0 Å². The summed E-state index contributed by atoms with van der Waals surface area (Å²) in [5.74, 6) is -0.136. The molecular formula is C15H19N3O. The van der Waals surface area contributed by atoms with Gasteiger partial charge in [-0.1, -0.05) is 39.0 Å². The van der Waals surface area contributed by atoms with E-state index in [0.717, 1.165) is 16.9 Å². The van der Waals surface area contributed by atoms with Gasteiger partial charge in [0.25, 0.3) is 5.91 Å². The lowest BCUT2D eigenvalue weighted by Crippen LogP contribution is -2.18. The van der Waals surface area contributed by atoms with Gasteiger partial charge in [-0.15, -0.1) is 0 Å². The maximum atomic E-state index is 12.2. The summed E-state index contributed by atoms with van der Waals surface area (Å²) in [4.78, 5) is 12.2. The van der Waals surface area contributed by atoms with Crippen LogP contribution in [0.3, 0.4) is 0 Å². The number of para-hydroxylation sites is 1. The number of rotatable bonds is 2. The molecule has 1 aromatic heterocycles. The van der Waals surface area contributed by atoms with Crippen LogP contribution in [-0.4, -0.2) is 16.1 Å². The van der Waals surface area contributed by atoms with Crippen LogP contribution in [-0.2, 0) is 5.41 Å². The van der Waals surface area contributed by atoms with E-state index in [-0.39, 0.29) is 11.3 Å². The van der Waals surface area contributed by atoms with Crippen LogP contribution in [0.1, 0.15) is 42.4 Å². The zero-order chi connectivity index (χ0) is 14.0. The van der Waals surface area contributed by atoms with Gasteiger partial charge in [0, 0.05) is 11.4 Å². The van der Waals surface area contributed by atoms with Crippen molar-refractivity contribution in [2.45, 2.75) is 33.1 Å². The predicted octanol–water partition coefficient (Wildman–Crippen LogP) is 3.27. The van der Waals surface area contributed by atoms with Crippen LogP contribution in [0.4, 0.5) is 5.69 Å². The minimum Gasteiger partial charge on any atom is -0.322 e. The Balaban J connectivity index is 2.30. The third kappa shape index (κ3) is 2.84. The molecule has 0 spiro atoms. The number of nitrogens with zero attached hydrogens (tertiary/aromatic N) is 1. The molecule has 2 rings (SSSR count). The molecule has 1 aromatic carbocycles. The largest absolute Gasteiger partial charge is 0.322 e. The number of aromatic nitrogens is 2. The van der Waals surface area contributed by atoms with Gasteiger partial charge in [0.15, 0.2) is 0 Å². The first-order chi connectivity index (χ1) is 8.89. The molecule has 4 nitrogen and oxygen atoms in total. The van der Waals surface area contributed by atoms with E-state index in [9.17, 15) is 4.79 Å². The molecule has 0 unspecified atom stereocenters. The van der Waals surface area contributed by atoms with Crippen molar-refractivity contribution in [1.82, 2.24) is 10.2 Å². The molecule has 0 fully saturated rings. The van der Waals surface area contributed by atoms with E-state index in [1.54, 1.807) is 6.20 Å². The van der Waals surface area contributed by atoms with Crippen molar-refractivity contribution in [3.63, 3.8) is 0 Å². The van der Waals surface area contributed by atoms with Gasteiger partial charge in [-0.2, -0.15) is 5.10 Å². The summed E-state index contributed by atoms with van der Waals surface area (Å²) >= 11 is 0. The van der Waals surface area contributed by atoms with Crippen molar-refractivity contribution in [3.8, 4) is 0 Å². The molecule has 2 N–H and O–H groups in total. The standard InChI is InChI=1S/C15H19N3O/c1-10-11(9-16-18-10)14(19)17-13-8-6-5-7-12(13)15(2,3)4/h5-9H,1-4H3,(H,16,18)(H,17,19). The van der Waals surface area contributed by atoms with Crippen LogP contribution in [0.15, 0.2) is 30.5 Å². The van der Waals surface area contributed by atoms with E-state index in [4.69, 9.17) is 0 Å². The monoisotopic (exact) mass is 257 g/mol. The first-order valence-electron chi connectivity index (χ1n) is 6.30. The maximum Gasteiger partial charge on any atom is 0.259 e. The highest BCUT2D eigenvalue weighted by Gasteiger charge is 2.19. The molecule has 1 amide bonds. The van der Waals surface area contributed by atoms with Crippen LogP contribution in [0.2, 0.25) is 0 Å². The molecule has 0 aliphatic rings. The quantitative estimate of drug-likeness (QED) is 0.867. The highest BCUT2D eigenvalue weighted by atomic mass is 16.1. The molecule has 0 saturated carbocycles. The third-order valence-corrected chi connectivity index (χ3v) is 3.06. The second-order valence-electron chi connectivity index (χ2n) is 5.66. The molecule has 2 aromatic rings. The zero-order valence-corrected chi connectivity index (χ0v) is 11.7. The Morgan fingerprint density at radius 2 is 1.95 bits per heavy atom. The maximum absolute atomic E-state index is 12.2. The number of carbonyl (C=O) groups excluding carboxylic acids is 1. The fraction of sp³-hybridized carbons (Fsp3) is 0.333. The van der Waals surface area contributed by atoms with Crippen molar-refractivity contribution in [2.24, 2.45) is 0 Å². The van der Waals surface area contributed by atoms with E-state index in [0.29, 0.717) is 5.56 Å². The van der Waals surface area contributed by atoms with Crippen LogP contribution in [0, 0.1) is 6.92 Å². The zero-order valence-electron chi connectivity index (χ0n) is 11.7. The van der Waals surface area contributed by atoms with Gasteiger partial charge in [0.2, 0.25) is 0 Å². The second kappa shape index (κ2) is 4.88. The number of carbonyl (C=O) groups is 1. The topological polar surface area (TPSA) is 57.8 Å². The van der Waals surface area contributed by atoms with E-state index in [1.165, 1.54) is 0 Å². The van der Waals surface area contributed by atoms with Crippen LogP contribution in [0.25, 0.3) is 0 Å². The number of H-pyrrole nitrogens is 1. The van der Waals surface area contributed by atoms with Crippen molar-refractivity contribution < 1.29 is 4.79 Å². The number of amides is 1. The van der Waals surface area contributed by atoms with Gasteiger partial charge in [0.05, 0.1) is 11.8 Å². The summed E-state index contributed by atoms with van der Waals surface area (Å²) in [5, 5.41) is 9.60. The molecule has 0 atom stereocenters. The number of nitrogens with one attached hydrogen (secondary N) is 2. The first-order valence-corrected chi connectivity index (χ1v) is 6.30. The summed E-state index contributed by atoms with van der Waals surface area (Å²) < 4.78 is 0. The average molecular weight is 257 g/mol. The number of aromatic amines is 1. The Morgan fingerprint density at radius 3 is 2.53 bits per heavy atom. The lowest BCUT2D eigenvalue weighted by atomic mass is 9.86. The van der Waals surface area contributed by atoms with Gasteiger partial charge < -0.3 is 5.32 Å². The summed E-state index contributed by atoms with van der Waals surface area (Å²) in [6.07, 6.45) is 1.55. The van der Waals surface area contributed by atoms with E-state index in [2.05, 4.69) is 36.3 Å². The summed E-state index contributed by atoms with van der Waals surface area (Å²) in [6, 6.07) is 7.87. The molecule has 0 saturated heterocycles. The van der Waals surface area contributed by atoms with Gasteiger partial charge in [-0.05, 0) is 24.0 Å². The third-order valence-electron chi connectivity index (χ3n) is 3.06. The fourth-order valence-corrected chi connectivity index (χ4v) is 2.02. The molecule has 1 heterocycles. The van der Waals surface area contributed by atoms with Gasteiger partial charge in [0.1, 0.15) is 0 Å². The first kappa shape index (κ1) is 13.3. The Bertz CT molecular complexity index is 593. The molecule has 0 radical (unpaired) electrons. The predicted molar refractivity (Wildman–Crippen MR) is 76.4 cm³/mol. The molecule has 4 heteroatoms. The van der Waals surface area contributed by atoms with Crippen LogP contribution >= 0.6 is 0 Å². The smallest absolute Gasteiger partial charge is 0.259 e. The molecule has 19 heavy (non-hydrogen) atoms. The van der Waals surface area contributed by atoms with E-state index in [1.807, 2.05) is 31.2 Å². The number of aryl methyl sites for hydroxylation is 1. The fourth-order valence-electron chi connectivity index (χ4n) is 2.02. The lowest BCUT2D eigenvalue weighted by Gasteiger charge is -2.22.